The zero-order valence-corrected chi connectivity index (χ0v) is 14.7. The molecule has 4 rings (SSSR count). The van der Waals surface area contributed by atoms with Crippen LogP contribution < -0.4 is 15.2 Å². The number of nitrogens with two attached hydrogens (primary N) is 1. The zero-order valence-electron chi connectivity index (χ0n) is 14.7. The SMILES string of the molecule is NC1Cc2ccc(OCc3ccccc3)c(OCc3ccccc3)c2C1. The maximum Gasteiger partial charge on any atom is 0.165 e. The van der Waals surface area contributed by atoms with Crippen LogP contribution in [0.2, 0.25) is 0 Å². The summed E-state index contributed by atoms with van der Waals surface area (Å²) in [6.45, 7) is 1.04. The van der Waals surface area contributed by atoms with Gasteiger partial charge in [0.15, 0.2) is 11.5 Å². The largest absolute Gasteiger partial charge is 0.485 e. The fraction of sp³-hybridized carbons (Fsp3) is 0.217. The van der Waals surface area contributed by atoms with Crippen LogP contribution in [0.5, 0.6) is 11.5 Å². The number of hydrogen-bond acceptors (Lipinski definition) is 3. The Morgan fingerprint density at radius 3 is 2.00 bits per heavy atom. The van der Waals surface area contributed by atoms with Crippen LogP contribution in [0.25, 0.3) is 0 Å². The van der Waals surface area contributed by atoms with E-state index in [0.717, 1.165) is 35.5 Å². The predicted octanol–water partition coefficient (Wildman–Crippen LogP) is 4.27. The quantitative estimate of drug-likeness (QED) is 0.725. The summed E-state index contributed by atoms with van der Waals surface area (Å²) in [5.41, 5.74) is 10.9. The summed E-state index contributed by atoms with van der Waals surface area (Å²) in [6.07, 6.45) is 1.73. The van der Waals surface area contributed by atoms with Crippen molar-refractivity contribution in [2.75, 3.05) is 0 Å². The van der Waals surface area contributed by atoms with Crippen molar-refractivity contribution < 1.29 is 9.47 Å². The number of benzene rings is 3. The van der Waals surface area contributed by atoms with Crippen molar-refractivity contribution in [2.24, 2.45) is 5.73 Å². The molecule has 0 heterocycles. The van der Waals surface area contributed by atoms with E-state index in [2.05, 4.69) is 30.3 Å². The minimum Gasteiger partial charge on any atom is -0.485 e. The van der Waals surface area contributed by atoms with Gasteiger partial charge in [0.25, 0.3) is 0 Å². The second kappa shape index (κ2) is 7.63. The van der Waals surface area contributed by atoms with E-state index in [4.69, 9.17) is 15.2 Å². The minimum absolute atomic E-state index is 0.161. The van der Waals surface area contributed by atoms with Crippen LogP contribution in [0.15, 0.2) is 72.8 Å². The average Bonchev–Trinajstić information content (AvgIpc) is 3.07. The molecule has 3 aromatic rings. The average molecular weight is 345 g/mol. The molecule has 0 radical (unpaired) electrons. The molecule has 0 amide bonds. The van der Waals surface area contributed by atoms with Gasteiger partial charge in [-0.25, -0.2) is 0 Å². The monoisotopic (exact) mass is 345 g/mol. The fourth-order valence-corrected chi connectivity index (χ4v) is 3.42. The van der Waals surface area contributed by atoms with Crippen LogP contribution in [-0.2, 0) is 26.1 Å². The molecular formula is C23H23NO2. The molecule has 0 saturated carbocycles. The lowest BCUT2D eigenvalue weighted by atomic mass is 10.1. The van der Waals surface area contributed by atoms with E-state index in [0.29, 0.717) is 13.2 Å². The normalized spacial score (nSPS) is 15.5. The lowest BCUT2D eigenvalue weighted by Gasteiger charge is -2.17. The van der Waals surface area contributed by atoms with Gasteiger partial charge >= 0.3 is 0 Å². The second-order valence-electron chi connectivity index (χ2n) is 6.75. The molecule has 2 N–H and O–H groups in total. The number of fused-ring (bicyclic) bond motifs is 1. The summed E-state index contributed by atoms with van der Waals surface area (Å²) in [4.78, 5) is 0. The summed E-state index contributed by atoms with van der Waals surface area (Å²) in [6, 6.07) is 24.7. The Labute approximate surface area is 154 Å². The Bertz CT molecular complexity index is 862. The minimum atomic E-state index is 0.161. The molecule has 1 aliphatic rings. The van der Waals surface area contributed by atoms with Crippen molar-refractivity contribution in [1.29, 1.82) is 0 Å². The number of rotatable bonds is 6. The van der Waals surface area contributed by atoms with E-state index in [1.807, 2.05) is 42.5 Å². The standard InChI is InChI=1S/C23H23NO2/c24-20-13-19-11-12-22(25-15-17-7-3-1-4-8-17)23(21(19)14-20)26-16-18-9-5-2-6-10-18/h1-12,20H,13-16,24H2. The molecule has 132 valence electrons. The molecule has 1 unspecified atom stereocenters. The van der Waals surface area contributed by atoms with E-state index in [1.54, 1.807) is 0 Å². The van der Waals surface area contributed by atoms with E-state index in [9.17, 15) is 0 Å². The van der Waals surface area contributed by atoms with Gasteiger partial charge < -0.3 is 15.2 Å². The van der Waals surface area contributed by atoms with Crippen molar-refractivity contribution in [3.63, 3.8) is 0 Å². The highest BCUT2D eigenvalue weighted by molar-refractivity contribution is 5.53. The van der Waals surface area contributed by atoms with Crippen LogP contribution in [0, 0.1) is 0 Å². The van der Waals surface area contributed by atoms with Crippen LogP contribution in [0.4, 0.5) is 0 Å². The van der Waals surface area contributed by atoms with Crippen LogP contribution >= 0.6 is 0 Å². The highest BCUT2D eigenvalue weighted by Gasteiger charge is 2.25. The Balaban J connectivity index is 1.57. The zero-order chi connectivity index (χ0) is 17.8. The van der Waals surface area contributed by atoms with Gasteiger partial charge in [-0.1, -0.05) is 66.7 Å². The molecule has 1 atom stereocenters. The molecule has 1 aliphatic carbocycles. The molecule has 0 aliphatic heterocycles. The topological polar surface area (TPSA) is 44.5 Å². The van der Waals surface area contributed by atoms with Gasteiger partial charge in [0.1, 0.15) is 13.2 Å². The van der Waals surface area contributed by atoms with Crippen molar-refractivity contribution in [2.45, 2.75) is 32.1 Å². The van der Waals surface area contributed by atoms with Gasteiger partial charge in [-0.3, -0.25) is 0 Å². The van der Waals surface area contributed by atoms with Crippen molar-refractivity contribution in [3.05, 3.63) is 95.1 Å². The van der Waals surface area contributed by atoms with Crippen molar-refractivity contribution in [1.82, 2.24) is 0 Å². The summed E-state index contributed by atoms with van der Waals surface area (Å²) in [7, 11) is 0. The summed E-state index contributed by atoms with van der Waals surface area (Å²) >= 11 is 0. The van der Waals surface area contributed by atoms with Gasteiger partial charge in [0.05, 0.1) is 0 Å². The van der Waals surface area contributed by atoms with Crippen LogP contribution in [0.3, 0.4) is 0 Å². The number of ether oxygens (including phenoxy) is 2. The first-order valence-electron chi connectivity index (χ1n) is 9.03. The maximum absolute atomic E-state index is 6.22. The van der Waals surface area contributed by atoms with Crippen LogP contribution in [0.1, 0.15) is 22.3 Å². The first-order chi connectivity index (χ1) is 12.8. The molecule has 0 spiro atoms. The van der Waals surface area contributed by atoms with Gasteiger partial charge in [0.2, 0.25) is 0 Å². The molecule has 3 aromatic carbocycles. The lowest BCUT2D eigenvalue weighted by Crippen LogP contribution is -2.19. The Morgan fingerprint density at radius 1 is 0.731 bits per heavy atom. The van der Waals surface area contributed by atoms with Gasteiger partial charge in [-0.05, 0) is 35.6 Å². The maximum atomic E-state index is 6.22. The summed E-state index contributed by atoms with van der Waals surface area (Å²) < 4.78 is 12.3. The third-order valence-corrected chi connectivity index (χ3v) is 4.73. The van der Waals surface area contributed by atoms with Crippen LogP contribution in [-0.4, -0.2) is 6.04 Å². The second-order valence-corrected chi connectivity index (χ2v) is 6.75. The summed E-state index contributed by atoms with van der Waals surface area (Å²) in [5, 5.41) is 0. The van der Waals surface area contributed by atoms with E-state index < -0.39 is 0 Å². The first kappa shape index (κ1) is 16.7. The van der Waals surface area contributed by atoms with E-state index >= 15 is 0 Å². The third kappa shape index (κ3) is 3.73. The molecule has 0 saturated heterocycles. The Kier molecular flexibility index (Phi) is 4.89. The van der Waals surface area contributed by atoms with Gasteiger partial charge in [-0.15, -0.1) is 0 Å². The first-order valence-corrected chi connectivity index (χ1v) is 9.03. The molecule has 3 nitrogen and oxygen atoms in total. The molecule has 0 bridgehead atoms. The molecule has 0 aromatic heterocycles. The highest BCUT2D eigenvalue weighted by Crippen LogP contribution is 2.39. The molecule has 26 heavy (non-hydrogen) atoms. The summed E-state index contributed by atoms with van der Waals surface area (Å²) in [5.74, 6) is 1.63. The smallest absolute Gasteiger partial charge is 0.165 e. The predicted molar refractivity (Wildman–Crippen MR) is 103 cm³/mol. The fourth-order valence-electron chi connectivity index (χ4n) is 3.42. The molecule has 0 fully saturated rings. The molecular weight excluding hydrogens is 322 g/mol. The number of hydrogen-bond donors (Lipinski definition) is 1. The van der Waals surface area contributed by atoms with Crippen molar-refractivity contribution in [3.8, 4) is 11.5 Å². The van der Waals surface area contributed by atoms with E-state index in [1.165, 1.54) is 11.1 Å². The van der Waals surface area contributed by atoms with Crippen molar-refractivity contribution >= 4 is 0 Å². The Morgan fingerprint density at radius 2 is 1.35 bits per heavy atom. The van der Waals surface area contributed by atoms with Gasteiger partial charge in [-0.2, -0.15) is 0 Å². The highest BCUT2D eigenvalue weighted by atomic mass is 16.5. The lowest BCUT2D eigenvalue weighted by molar-refractivity contribution is 0.254. The Hall–Kier alpha value is -2.78. The van der Waals surface area contributed by atoms with Gasteiger partial charge in [0, 0.05) is 11.6 Å². The van der Waals surface area contributed by atoms with E-state index in [-0.39, 0.29) is 6.04 Å². The molecule has 3 heteroatoms. The third-order valence-electron chi connectivity index (χ3n) is 4.73.